The van der Waals surface area contributed by atoms with Crippen molar-refractivity contribution in [3.8, 4) is 0 Å². The molecular weight excluding hydrogens is 346 g/mol. The van der Waals surface area contributed by atoms with E-state index in [9.17, 15) is 16.8 Å². The van der Waals surface area contributed by atoms with E-state index in [1.165, 1.54) is 24.3 Å². The van der Waals surface area contributed by atoms with Gasteiger partial charge in [0.15, 0.2) is 9.84 Å². The van der Waals surface area contributed by atoms with Crippen molar-refractivity contribution in [2.24, 2.45) is 0 Å². The summed E-state index contributed by atoms with van der Waals surface area (Å²) in [5.74, 6) is -0.423. The minimum Gasteiger partial charge on any atom is -0.378 e. The van der Waals surface area contributed by atoms with Crippen molar-refractivity contribution >= 4 is 29.6 Å². The Morgan fingerprint density at radius 3 is 2.05 bits per heavy atom. The summed E-state index contributed by atoms with van der Waals surface area (Å²) in [7, 11) is -1.91. The van der Waals surface area contributed by atoms with Crippen LogP contribution in [0.25, 0.3) is 0 Å². The quantitative estimate of drug-likeness (QED) is 0.661. The van der Waals surface area contributed by atoms with E-state index in [2.05, 4.69) is 0 Å². The molecule has 1 rings (SSSR count). The highest BCUT2D eigenvalue weighted by molar-refractivity contribution is 8.13. The molecule has 0 aromatic heterocycles. The molecule has 0 saturated carbocycles. The summed E-state index contributed by atoms with van der Waals surface area (Å²) in [5.41, 5.74) is 0.452. The van der Waals surface area contributed by atoms with Crippen LogP contribution in [0, 0.1) is 0 Å². The molecule has 0 aliphatic carbocycles. The summed E-state index contributed by atoms with van der Waals surface area (Å²) in [6.07, 6.45) is 3.38. The third-order valence-electron chi connectivity index (χ3n) is 3.07. The van der Waals surface area contributed by atoms with Gasteiger partial charge in [-0.05, 0) is 37.7 Å². The lowest BCUT2D eigenvalue weighted by molar-refractivity contribution is 0.418. The van der Waals surface area contributed by atoms with E-state index in [1.54, 1.807) is 12.3 Å². The molecule has 0 saturated heterocycles. The van der Waals surface area contributed by atoms with Crippen molar-refractivity contribution in [1.29, 1.82) is 0 Å². The molecule has 0 radical (unpaired) electrons. The van der Waals surface area contributed by atoms with Crippen molar-refractivity contribution in [2.75, 3.05) is 18.8 Å². The number of halogens is 1. The van der Waals surface area contributed by atoms with Crippen LogP contribution in [0.2, 0.25) is 0 Å². The Hall–Kier alpha value is -1.05. The molecule has 5 nitrogen and oxygen atoms in total. The van der Waals surface area contributed by atoms with Gasteiger partial charge < -0.3 is 4.90 Å². The Bertz CT molecular complexity index is 706. The Morgan fingerprint density at radius 1 is 1.05 bits per heavy atom. The van der Waals surface area contributed by atoms with E-state index in [-0.39, 0.29) is 16.4 Å². The number of rotatable bonds is 8. The minimum absolute atomic E-state index is 0.101. The zero-order valence-corrected chi connectivity index (χ0v) is 15.0. The fraction of sp³-hybridized carbons (Fsp3) is 0.429. The maximum atomic E-state index is 12.2. The topological polar surface area (TPSA) is 71.5 Å². The van der Waals surface area contributed by atoms with Crippen LogP contribution >= 0.6 is 10.7 Å². The SMILES string of the molecule is CCN(C=CCS(=O)(=O)c1ccc(CS(=O)(=O)Cl)cc1)CC. The molecule has 0 N–H and O–H groups in total. The van der Waals surface area contributed by atoms with Gasteiger partial charge in [-0.25, -0.2) is 16.8 Å². The van der Waals surface area contributed by atoms with Crippen molar-refractivity contribution in [1.82, 2.24) is 4.90 Å². The van der Waals surface area contributed by atoms with E-state index in [0.717, 1.165) is 13.1 Å². The Kier molecular flexibility index (Phi) is 6.90. The average Bonchev–Trinajstić information content (AvgIpc) is 2.42. The smallest absolute Gasteiger partial charge is 0.236 e. The summed E-state index contributed by atoms with van der Waals surface area (Å²) >= 11 is 0. The highest BCUT2D eigenvalue weighted by atomic mass is 35.7. The largest absolute Gasteiger partial charge is 0.378 e. The summed E-state index contributed by atoms with van der Waals surface area (Å²) in [4.78, 5) is 2.15. The fourth-order valence-electron chi connectivity index (χ4n) is 1.84. The molecule has 124 valence electrons. The maximum absolute atomic E-state index is 12.2. The lowest BCUT2D eigenvalue weighted by atomic mass is 10.2. The predicted molar refractivity (Wildman–Crippen MR) is 89.0 cm³/mol. The van der Waals surface area contributed by atoms with Gasteiger partial charge in [0.25, 0.3) is 0 Å². The summed E-state index contributed by atoms with van der Waals surface area (Å²) in [5, 5.41) is 0. The van der Waals surface area contributed by atoms with Gasteiger partial charge >= 0.3 is 0 Å². The van der Waals surface area contributed by atoms with Crippen molar-refractivity contribution < 1.29 is 16.8 Å². The van der Waals surface area contributed by atoms with Crippen molar-refractivity contribution in [3.63, 3.8) is 0 Å². The molecule has 0 atom stereocenters. The Balaban J connectivity index is 2.81. The molecule has 22 heavy (non-hydrogen) atoms. The second-order valence-corrected chi connectivity index (χ2v) is 9.53. The average molecular weight is 366 g/mol. The van der Waals surface area contributed by atoms with Crippen molar-refractivity contribution in [2.45, 2.75) is 24.5 Å². The van der Waals surface area contributed by atoms with Crippen LogP contribution in [0.15, 0.2) is 41.4 Å². The predicted octanol–water partition coefficient (Wildman–Crippen LogP) is 2.38. The molecule has 1 aromatic rings. The van der Waals surface area contributed by atoms with Gasteiger partial charge in [0.2, 0.25) is 9.05 Å². The van der Waals surface area contributed by atoms with Gasteiger partial charge in [-0.2, -0.15) is 0 Å². The standard InChI is InChI=1S/C14H20ClNO4S2/c1-3-16(4-2)10-5-11-21(17,18)14-8-6-13(7-9-14)12-22(15,19)20/h5-10H,3-4,11-12H2,1-2H3. The second-order valence-electron chi connectivity index (χ2n) is 4.71. The summed E-state index contributed by atoms with van der Waals surface area (Å²) in [6, 6.07) is 5.72. The summed E-state index contributed by atoms with van der Waals surface area (Å²) in [6.45, 7) is 5.61. The molecule has 0 bridgehead atoms. The Labute approximate surface area is 136 Å². The molecule has 0 aliphatic heterocycles. The molecule has 0 spiro atoms. The third kappa shape index (κ3) is 6.37. The van der Waals surface area contributed by atoms with Gasteiger partial charge in [0.1, 0.15) is 0 Å². The normalized spacial score (nSPS) is 12.7. The van der Waals surface area contributed by atoms with Gasteiger partial charge in [-0.15, -0.1) is 0 Å². The fourth-order valence-corrected chi connectivity index (χ4v) is 3.89. The van der Waals surface area contributed by atoms with Crippen LogP contribution in [0.3, 0.4) is 0 Å². The zero-order chi connectivity index (χ0) is 16.8. The van der Waals surface area contributed by atoms with Gasteiger partial charge in [-0.1, -0.05) is 18.2 Å². The van der Waals surface area contributed by atoms with Crippen LogP contribution in [0.5, 0.6) is 0 Å². The van der Waals surface area contributed by atoms with Crippen LogP contribution in [0.4, 0.5) is 0 Å². The molecule has 0 amide bonds. The molecule has 0 unspecified atom stereocenters. The van der Waals surface area contributed by atoms with Crippen LogP contribution in [0.1, 0.15) is 19.4 Å². The minimum atomic E-state index is -3.65. The van der Waals surface area contributed by atoms with Crippen LogP contribution in [-0.2, 0) is 24.6 Å². The zero-order valence-electron chi connectivity index (χ0n) is 12.6. The maximum Gasteiger partial charge on any atom is 0.236 e. The lowest BCUT2D eigenvalue weighted by Gasteiger charge is -2.14. The number of hydrogen-bond donors (Lipinski definition) is 0. The van der Waals surface area contributed by atoms with Gasteiger partial charge in [0.05, 0.1) is 16.4 Å². The number of benzene rings is 1. The first kappa shape index (κ1) is 19.0. The molecule has 0 fully saturated rings. The monoisotopic (exact) mass is 365 g/mol. The van der Waals surface area contributed by atoms with E-state index in [4.69, 9.17) is 10.7 Å². The Morgan fingerprint density at radius 2 is 1.59 bits per heavy atom. The number of sulfone groups is 1. The molecule has 0 heterocycles. The molecule has 1 aromatic carbocycles. The van der Waals surface area contributed by atoms with Gasteiger partial charge in [0, 0.05) is 23.8 Å². The number of nitrogens with zero attached hydrogens (tertiary/aromatic N) is 1. The second kappa shape index (κ2) is 7.99. The first-order valence-corrected chi connectivity index (χ1v) is 11.0. The molecule has 0 aliphatic rings. The van der Waals surface area contributed by atoms with Crippen LogP contribution < -0.4 is 0 Å². The lowest BCUT2D eigenvalue weighted by Crippen LogP contribution is -2.16. The third-order valence-corrected chi connectivity index (χ3v) is 5.69. The van der Waals surface area contributed by atoms with E-state index >= 15 is 0 Å². The molecule has 8 heteroatoms. The van der Waals surface area contributed by atoms with E-state index in [0.29, 0.717) is 5.56 Å². The highest BCUT2D eigenvalue weighted by Gasteiger charge is 2.13. The summed E-state index contributed by atoms with van der Waals surface area (Å²) < 4.78 is 46.3. The highest BCUT2D eigenvalue weighted by Crippen LogP contribution is 2.15. The van der Waals surface area contributed by atoms with Crippen molar-refractivity contribution in [3.05, 3.63) is 42.1 Å². The van der Waals surface area contributed by atoms with E-state index < -0.39 is 18.9 Å². The molecular formula is C14H20ClNO4S2. The van der Waals surface area contributed by atoms with Crippen LogP contribution in [-0.4, -0.2) is 40.6 Å². The number of hydrogen-bond acceptors (Lipinski definition) is 5. The first-order chi connectivity index (χ1) is 10.2. The first-order valence-electron chi connectivity index (χ1n) is 6.82. The van der Waals surface area contributed by atoms with E-state index in [1.807, 2.05) is 18.7 Å². The van der Waals surface area contributed by atoms with Gasteiger partial charge in [-0.3, -0.25) is 0 Å².